The SMILES string of the molecule is C=C[C@](O)(CO)[C@@H]1C[C@@H]2[C@@]3(C)CCC4C[C@@]4(C)[C@@H]3CC[C@@]2(C)O1. The van der Waals surface area contributed by atoms with Crippen LogP contribution < -0.4 is 0 Å². The monoisotopic (exact) mass is 320 g/mol. The molecule has 3 aliphatic carbocycles. The van der Waals surface area contributed by atoms with Gasteiger partial charge in [-0.05, 0) is 74.0 Å². The van der Waals surface area contributed by atoms with E-state index in [4.69, 9.17) is 4.74 Å². The Morgan fingerprint density at radius 2 is 1.91 bits per heavy atom. The summed E-state index contributed by atoms with van der Waals surface area (Å²) < 4.78 is 6.41. The second-order valence-electron chi connectivity index (χ2n) is 9.60. The molecule has 4 fully saturated rings. The van der Waals surface area contributed by atoms with Crippen molar-refractivity contribution in [1.82, 2.24) is 0 Å². The number of ether oxygens (including phenoxy) is 1. The first-order valence-electron chi connectivity index (χ1n) is 9.36. The van der Waals surface area contributed by atoms with Crippen LogP contribution in [0, 0.1) is 28.6 Å². The van der Waals surface area contributed by atoms with Crippen molar-refractivity contribution in [3.8, 4) is 0 Å². The molecule has 1 saturated heterocycles. The normalized spacial score (nSPS) is 56.9. The van der Waals surface area contributed by atoms with E-state index in [2.05, 4.69) is 27.4 Å². The first-order valence-corrected chi connectivity index (χ1v) is 9.36. The molecule has 0 radical (unpaired) electrons. The van der Waals surface area contributed by atoms with Gasteiger partial charge >= 0.3 is 0 Å². The first kappa shape index (κ1) is 16.1. The Morgan fingerprint density at radius 3 is 2.57 bits per heavy atom. The van der Waals surface area contributed by atoms with Gasteiger partial charge in [0.25, 0.3) is 0 Å². The average molecular weight is 320 g/mol. The Bertz CT molecular complexity index is 533. The second-order valence-corrected chi connectivity index (χ2v) is 9.60. The first-order chi connectivity index (χ1) is 10.7. The molecule has 0 aromatic rings. The molecule has 0 aromatic heterocycles. The van der Waals surface area contributed by atoms with Crippen LogP contribution in [0.25, 0.3) is 0 Å². The summed E-state index contributed by atoms with van der Waals surface area (Å²) in [6.07, 6.45) is 8.36. The largest absolute Gasteiger partial charge is 0.393 e. The summed E-state index contributed by atoms with van der Waals surface area (Å²) in [4.78, 5) is 0. The molecule has 0 amide bonds. The van der Waals surface area contributed by atoms with Gasteiger partial charge in [-0.3, -0.25) is 0 Å². The van der Waals surface area contributed by atoms with Crippen molar-refractivity contribution in [2.45, 2.75) is 76.6 Å². The van der Waals surface area contributed by atoms with E-state index in [0.717, 1.165) is 24.7 Å². The lowest BCUT2D eigenvalue weighted by Gasteiger charge is -2.57. The number of rotatable bonds is 3. The van der Waals surface area contributed by atoms with Gasteiger partial charge in [-0.25, -0.2) is 0 Å². The summed E-state index contributed by atoms with van der Waals surface area (Å²) in [7, 11) is 0. The van der Waals surface area contributed by atoms with Gasteiger partial charge in [0.15, 0.2) is 0 Å². The summed E-state index contributed by atoms with van der Waals surface area (Å²) in [5, 5.41) is 20.3. The van der Waals surface area contributed by atoms with Crippen molar-refractivity contribution in [2.75, 3.05) is 6.61 Å². The van der Waals surface area contributed by atoms with Crippen molar-refractivity contribution < 1.29 is 14.9 Å². The van der Waals surface area contributed by atoms with Crippen molar-refractivity contribution in [3.05, 3.63) is 12.7 Å². The van der Waals surface area contributed by atoms with Crippen LogP contribution in [0.15, 0.2) is 12.7 Å². The van der Waals surface area contributed by atoms with Crippen LogP contribution in [0.1, 0.15) is 59.3 Å². The summed E-state index contributed by atoms with van der Waals surface area (Å²) in [6.45, 7) is 10.6. The predicted molar refractivity (Wildman–Crippen MR) is 89.9 cm³/mol. The maximum atomic E-state index is 10.7. The van der Waals surface area contributed by atoms with E-state index >= 15 is 0 Å². The molecule has 3 saturated carbocycles. The van der Waals surface area contributed by atoms with E-state index in [0.29, 0.717) is 16.7 Å². The zero-order chi connectivity index (χ0) is 16.7. The van der Waals surface area contributed by atoms with Crippen LogP contribution in [0.2, 0.25) is 0 Å². The number of hydrogen-bond donors (Lipinski definition) is 2. The predicted octanol–water partition coefficient (Wildman–Crippen LogP) is 3.30. The van der Waals surface area contributed by atoms with Gasteiger partial charge in [-0.2, -0.15) is 0 Å². The highest BCUT2D eigenvalue weighted by Crippen LogP contribution is 2.75. The second kappa shape index (κ2) is 4.62. The van der Waals surface area contributed by atoms with Gasteiger partial charge in [0, 0.05) is 0 Å². The van der Waals surface area contributed by atoms with Crippen LogP contribution in [0.5, 0.6) is 0 Å². The van der Waals surface area contributed by atoms with E-state index in [-0.39, 0.29) is 18.3 Å². The molecule has 1 unspecified atom stereocenters. The fourth-order valence-electron chi connectivity index (χ4n) is 6.97. The van der Waals surface area contributed by atoms with Crippen molar-refractivity contribution >= 4 is 0 Å². The Morgan fingerprint density at radius 1 is 1.17 bits per heavy atom. The van der Waals surface area contributed by atoms with Gasteiger partial charge in [0.1, 0.15) is 5.60 Å². The lowest BCUT2D eigenvalue weighted by Crippen LogP contribution is -2.54. The van der Waals surface area contributed by atoms with E-state index in [1.807, 2.05) is 0 Å². The summed E-state index contributed by atoms with van der Waals surface area (Å²) in [5.74, 6) is 2.21. The lowest BCUT2D eigenvalue weighted by molar-refractivity contribution is -0.166. The Hall–Kier alpha value is -0.380. The zero-order valence-corrected chi connectivity index (χ0v) is 14.8. The fraction of sp³-hybridized carbons (Fsp3) is 0.900. The molecule has 1 heterocycles. The highest BCUT2D eigenvalue weighted by Gasteiger charge is 2.70. The van der Waals surface area contributed by atoms with E-state index in [1.54, 1.807) is 0 Å². The summed E-state index contributed by atoms with van der Waals surface area (Å²) in [5.41, 5.74) is -0.619. The van der Waals surface area contributed by atoms with Crippen molar-refractivity contribution in [2.24, 2.45) is 28.6 Å². The minimum atomic E-state index is -1.31. The van der Waals surface area contributed by atoms with E-state index in [1.165, 1.54) is 31.8 Å². The molecule has 0 bridgehead atoms. The number of aliphatic hydroxyl groups excluding tert-OH is 1. The smallest absolute Gasteiger partial charge is 0.131 e. The van der Waals surface area contributed by atoms with Crippen LogP contribution in [-0.4, -0.2) is 34.1 Å². The quantitative estimate of drug-likeness (QED) is 0.785. The Balaban J connectivity index is 1.67. The Labute approximate surface area is 140 Å². The molecular weight excluding hydrogens is 288 g/mol. The van der Waals surface area contributed by atoms with E-state index in [9.17, 15) is 10.2 Å². The molecule has 23 heavy (non-hydrogen) atoms. The van der Waals surface area contributed by atoms with Gasteiger partial charge in [-0.1, -0.05) is 19.9 Å². The molecule has 3 nitrogen and oxygen atoms in total. The number of aliphatic hydroxyl groups is 2. The summed E-state index contributed by atoms with van der Waals surface area (Å²) >= 11 is 0. The van der Waals surface area contributed by atoms with Crippen LogP contribution in [0.4, 0.5) is 0 Å². The topological polar surface area (TPSA) is 49.7 Å². The maximum absolute atomic E-state index is 10.7. The molecule has 3 heteroatoms. The van der Waals surface area contributed by atoms with Crippen molar-refractivity contribution in [3.63, 3.8) is 0 Å². The number of hydrogen-bond acceptors (Lipinski definition) is 3. The zero-order valence-electron chi connectivity index (χ0n) is 14.8. The minimum Gasteiger partial charge on any atom is -0.393 e. The van der Waals surface area contributed by atoms with Gasteiger partial charge in [0.05, 0.1) is 18.3 Å². The van der Waals surface area contributed by atoms with Gasteiger partial charge in [0.2, 0.25) is 0 Å². The minimum absolute atomic E-state index is 0.167. The lowest BCUT2D eigenvalue weighted by atomic mass is 9.48. The molecule has 130 valence electrons. The number of fused-ring (bicyclic) bond motifs is 5. The summed E-state index contributed by atoms with van der Waals surface area (Å²) in [6, 6.07) is 0. The Kier molecular flexibility index (Phi) is 3.23. The van der Waals surface area contributed by atoms with Gasteiger partial charge < -0.3 is 14.9 Å². The van der Waals surface area contributed by atoms with Crippen LogP contribution in [0.3, 0.4) is 0 Å². The third-order valence-electron chi connectivity index (χ3n) is 8.57. The molecule has 0 aromatic carbocycles. The third-order valence-corrected chi connectivity index (χ3v) is 8.57. The maximum Gasteiger partial charge on any atom is 0.131 e. The molecule has 1 aliphatic heterocycles. The van der Waals surface area contributed by atoms with Crippen LogP contribution >= 0.6 is 0 Å². The average Bonchev–Trinajstić information content (AvgIpc) is 3.05. The van der Waals surface area contributed by atoms with Crippen molar-refractivity contribution in [1.29, 1.82) is 0 Å². The highest BCUT2D eigenvalue weighted by molar-refractivity contribution is 5.19. The molecule has 8 atom stereocenters. The van der Waals surface area contributed by atoms with Gasteiger partial charge in [-0.15, -0.1) is 6.58 Å². The molecule has 4 aliphatic rings. The standard InChI is InChI=1S/C20H32O3/c1-5-20(22,12-21)16-10-15-17(2)8-6-13-11-18(13,3)14(17)7-9-19(15,4)23-16/h5,13-16,21-22H,1,6-12H2,2-4H3/t13?,14-,15-,16+,17+,18-,19-,20+/m1/s1. The molecule has 4 rings (SSSR count). The molecule has 2 N–H and O–H groups in total. The van der Waals surface area contributed by atoms with E-state index < -0.39 is 5.60 Å². The highest BCUT2D eigenvalue weighted by atomic mass is 16.5. The fourth-order valence-corrected chi connectivity index (χ4v) is 6.97. The molecule has 0 spiro atoms. The third kappa shape index (κ3) is 1.93. The van der Waals surface area contributed by atoms with Crippen LogP contribution in [-0.2, 0) is 4.74 Å². The molecular formula is C20H32O3.